The monoisotopic (exact) mass is 528 g/mol. The Balaban J connectivity index is 1.31. The summed E-state index contributed by atoms with van der Waals surface area (Å²) in [5, 5.41) is 22.8. The van der Waals surface area contributed by atoms with Crippen molar-refractivity contribution in [1.82, 2.24) is 14.9 Å². The fourth-order valence-electron chi connectivity index (χ4n) is 7.35. The molecule has 2 fully saturated rings. The summed E-state index contributed by atoms with van der Waals surface area (Å²) in [6.07, 6.45) is 10.3. The summed E-state index contributed by atoms with van der Waals surface area (Å²) in [6.45, 7) is 6.88. The van der Waals surface area contributed by atoms with Crippen LogP contribution in [0.1, 0.15) is 54.5 Å². The number of hydrogen-bond acceptors (Lipinski definition) is 7. The number of benzene rings is 1. The molecule has 0 bridgehead atoms. The molecule has 6 rings (SSSR count). The molecule has 3 heterocycles. The lowest BCUT2D eigenvalue weighted by Crippen LogP contribution is -2.60. The Morgan fingerprint density at radius 1 is 1.21 bits per heavy atom. The van der Waals surface area contributed by atoms with E-state index in [-0.39, 0.29) is 17.9 Å². The minimum Gasteiger partial charge on any atom is -0.627 e. The third-order valence-corrected chi connectivity index (χ3v) is 9.89. The number of nitriles is 1. The molecule has 8 nitrogen and oxygen atoms in total. The maximum absolute atomic E-state index is 13.3. The van der Waals surface area contributed by atoms with Crippen LogP contribution in [0, 0.1) is 22.0 Å². The van der Waals surface area contributed by atoms with Gasteiger partial charge in [0, 0.05) is 11.6 Å². The van der Waals surface area contributed by atoms with Gasteiger partial charge in [0.25, 0.3) is 0 Å². The molecular weight excluding hydrogens is 488 g/mol. The van der Waals surface area contributed by atoms with E-state index < -0.39 is 4.65 Å². The molecule has 2 aliphatic heterocycles. The number of likely N-dealkylation sites (N-methyl/N-ethyl adjacent to an activating group) is 1. The molecule has 8 heteroatoms. The first-order valence-corrected chi connectivity index (χ1v) is 14.6. The lowest BCUT2D eigenvalue weighted by atomic mass is 9.63. The van der Waals surface area contributed by atoms with Crippen LogP contribution in [0.5, 0.6) is 6.01 Å². The average molecular weight is 529 g/mol. The molecule has 1 aromatic carbocycles. The zero-order chi connectivity index (χ0) is 27.0. The van der Waals surface area contributed by atoms with Crippen molar-refractivity contribution in [2.45, 2.75) is 69.9 Å². The van der Waals surface area contributed by atoms with Crippen LogP contribution in [0.3, 0.4) is 0 Å². The van der Waals surface area contributed by atoms with Gasteiger partial charge in [-0.05, 0) is 88.1 Å². The van der Waals surface area contributed by atoms with Gasteiger partial charge in [0.15, 0.2) is 0 Å². The van der Waals surface area contributed by atoms with Gasteiger partial charge < -0.3 is 24.4 Å². The molecule has 0 saturated carbocycles. The van der Waals surface area contributed by atoms with Crippen molar-refractivity contribution in [1.29, 1.82) is 5.26 Å². The van der Waals surface area contributed by atoms with Crippen molar-refractivity contribution in [2.24, 2.45) is 5.41 Å². The summed E-state index contributed by atoms with van der Waals surface area (Å²) in [5.41, 5.74) is 5.48. The normalized spacial score (nSPS) is 30.4. The van der Waals surface area contributed by atoms with Crippen molar-refractivity contribution >= 4 is 5.82 Å². The highest BCUT2D eigenvalue weighted by molar-refractivity contribution is 5.52. The second-order valence-corrected chi connectivity index (χ2v) is 12.2. The largest absolute Gasteiger partial charge is 0.627 e. The van der Waals surface area contributed by atoms with E-state index in [2.05, 4.69) is 53.8 Å². The van der Waals surface area contributed by atoms with Crippen LogP contribution < -0.4 is 9.64 Å². The second kappa shape index (κ2) is 10.5. The maximum atomic E-state index is 13.3. The predicted molar refractivity (Wildman–Crippen MR) is 151 cm³/mol. The van der Waals surface area contributed by atoms with E-state index in [1.165, 1.54) is 35.7 Å². The first-order chi connectivity index (χ1) is 18.9. The Hall–Kier alpha value is -2.99. The first-order valence-electron chi connectivity index (χ1n) is 14.6. The molecule has 0 amide bonds. The number of likely N-dealkylation sites (tertiary alicyclic amines) is 1. The molecule has 1 spiro atoms. The van der Waals surface area contributed by atoms with Gasteiger partial charge in [-0.1, -0.05) is 24.3 Å². The number of ether oxygens (including phenoxy) is 1. The summed E-state index contributed by atoms with van der Waals surface area (Å²) >= 11 is 0. The number of rotatable bonds is 6. The van der Waals surface area contributed by atoms with E-state index in [1.54, 1.807) is 0 Å². The van der Waals surface area contributed by atoms with Gasteiger partial charge in [-0.15, -0.1) is 0 Å². The molecule has 4 aliphatic rings. The Bertz CT molecular complexity index is 1280. The van der Waals surface area contributed by atoms with Crippen molar-refractivity contribution < 1.29 is 9.38 Å². The zero-order valence-electron chi connectivity index (χ0n) is 23.1. The van der Waals surface area contributed by atoms with Gasteiger partial charge in [-0.3, -0.25) is 0 Å². The Morgan fingerprint density at radius 2 is 2.03 bits per heavy atom. The number of aromatic nitrogens is 2. The number of hydroxylamine groups is 3. The van der Waals surface area contributed by atoms with Gasteiger partial charge in [-0.25, -0.2) is 0 Å². The molecule has 39 heavy (non-hydrogen) atoms. The molecule has 2 aromatic rings. The predicted octanol–water partition coefficient (Wildman–Crippen LogP) is 4.17. The summed E-state index contributed by atoms with van der Waals surface area (Å²) in [4.78, 5) is 14.6. The minimum atomic E-state index is -0.531. The molecule has 0 radical (unpaired) electrons. The highest BCUT2D eigenvalue weighted by Gasteiger charge is 2.41. The average Bonchev–Trinajstić information content (AvgIpc) is 3.37. The molecule has 4 atom stereocenters. The van der Waals surface area contributed by atoms with Gasteiger partial charge >= 0.3 is 6.01 Å². The Kier molecular flexibility index (Phi) is 7.09. The van der Waals surface area contributed by atoms with Crippen LogP contribution in [0.15, 0.2) is 37.0 Å². The van der Waals surface area contributed by atoms with Crippen molar-refractivity contribution in [2.75, 3.05) is 44.7 Å². The highest BCUT2D eigenvalue weighted by atomic mass is 16.5. The summed E-state index contributed by atoms with van der Waals surface area (Å²) in [5.74, 6) is 0.902. The fourth-order valence-corrected chi connectivity index (χ4v) is 7.35. The molecule has 0 N–H and O–H groups in total. The number of fused-ring (bicyclic) bond motifs is 2. The SMILES string of the molecule is C=C[N+]1([O-])CCN(c2nc(OC[C@@H]3CCCN3C)nc3c2CC[C@]2(CCc4ccccc4C2)C3)C[C@@H]1CC#N. The number of hydrogen-bond donors (Lipinski definition) is 0. The van der Waals surface area contributed by atoms with Crippen LogP contribution in [0.4, 0.5) is 5.82 Å². The number of anilines is 1. The molecule has 2 aliphatic carbocycles. The van der Waals surface area contributed by atoms with Crippen LogP contribution in [0.2, 0.25) is 0 Å². The summed E-state index contributed by atoms with van der Waals surface area (Å²) in [7, 11) is 2.15. The number of aryl methyl sites for hydroxylation is 1. The standard InChI is InChI=1S/C31H40N6O2/c1-3-37(38)18-17-36(21-26(37)12-15-32)29-27-11-14-31(13-10-23-7-4-5-8-24(23)19-31)20-28(27)33-30(34-29)39-22-25-9-6-16-35(25)2/h3-5,7-8,25-26H,1,6,9-14,16-22H2,2H3/t25-,26-,31-,37?/m0/s1. The molecule has 2 saturated heterocycles. The van der Waals surface area contributed by atoms with Crippen molar-refractivity contribution in [3.8, 4) is 12.1 Å². The number of piperazine rings is 1. The quantitative estimate of drug-likeness (QED) is 0.411. The second-order valence-electron chi connectivity index (χ2n) is 12.2. The summed E-state index contributed by atoms with van der Waals surface area (Å²) < 4.78 is 5.77. The van der Waals surface area contributed by atoms with Crippen LogP contribution in [-0.2, 0) is 25.7 Å². The lowest BCUT2D eigenvalue weighted by molar-refractivity contribution is -0.856. The van der Waals surface area contributed by atoms with E-state index in [0.29, 0.717) is 38.3 Å². The van der Waals surface area contributed by atoms with E-state index in [1.807, 2.05) is 0 Å². The summed E-state index contributed by atoms with van der Waals surface area (Å²) in [6, 6.07) is 11.6. The van der Waals surface area contributed by atoms with Crippen molar-refractivity contribution in [3.05, 3.63) is 64.6 Å². The van der Waals surface area contributed by atoms with Gasteiger partial charge in [0.1, 0.15) is 25.0 Å². The van der Waals surface area contributed by atoms with Gasteiger partial charge in [-0.2, -0.15) is 15.2 Å². The molecule has 206 valence electrons. The van der Waals surface area contributed by atoms with Crippen LogP contribution >= 0.6 is 0 Å². The van der Waals surface area contributed by atoms with Crippen LogP contribution in [-0.4, -0.2) is 71.4 Å². The number of quaternary nitrogens is 1. The zero-order valence-corrected chi connectivity index (χ0v) is 23.1. The lowest BCUT2D eigenvalue weighted by Gasteiger charge is -2.51. The molecule has 1 aromatic heterocycles. The topological polar surface area (TPSA) is 88.3 Å². The smallest absolute Gasteiger partial charge is 0.318 e. The molecule has 1 unspecified atom stereocenters. The molecular formula is C31H40N6O2. The third-order valence-electron chi connectivity index (χ3n) is 9.89. The van der Waals surface area contributed by atoms with E-state index in [4.69, 9.17) is 14.7 Å². The van der Waals surface area contributed by atoms with Gasteiger partial charge in [0.2, 0.25) is 0 Å². The van der Waals surface area contributed by atoms with Gasteiger partial charge in [0.05, 0.1) is 37.5 Å². The van der Waals surface area contributed by atoms with E-state index in [9.17, 15) is 10.5 Å². The Morgan fingerprint density at radius 3 is 2.79 bits per heavy atom. The van der Waals surface area contributed by atoms with E-state index >= 15 is 0 Å². The van der Waals surface area contributed by atoms with Crippen molar-refractivity contribution in [3.63, 3.8) is 0 Å². The maximum Gasteiger partial charge on any atom is 0.318 e. The van der Waals surface area contributed by atoms with Crippen LogP contribution in [0.25, 0.3) is 0 Å². The Labute approximate surface area is 232 Å². The third kappa shape index (κ3) is 5.04. The fraction of sp³-hybridized carbons (Fsp3) is 0.581. The van der Waals surface area contributed by atoms with E-state index in [0.717, 1.165) is 56.6 Å². The first kappa shape index (κ1) is 26.2. The highest BCUT2D eigenvalue weighted by Crippen LogP contribution is 2.47. The minimum absolute atomic E-state index is 0.194. The number of nitrogens with zero attached hydrogens (tertiary/aromatic N) is 6.